The maximum atomic E-state index is 13.3. The lowest BCUT2D eigenvalue weighted by molar-refractivity contribution is -0.862. The summed E-state index contributed by atoms with van der Waals surface area (Å²) in [7, 11) is 1.86. The number of hydrogen-bond acceptors (Lipinski definition) is 4. The second kappa shape index (κ2) is 9.82. The Hall–Kier alpha value is -2.77. The maximum absolute atomic E-state index is 13.3. The number of anilines is 1. The van der Waals surface area contributed by atoms with Crippen LogP contribution in [0.3, 0.4) is 0 Å². The van der Waals surface area contributed by atoms with Gasteiger partial charge in [-0.2, -0.15) is 0 Å². The van der Waals surface area contributed by atoms with Gasteiger partial charge in [-0.1, -0.05) is 53.8 Å². The zero-order valence-electron chi connectivity index (χ0n) is 17.9. The number of quaternary nitrogens is 1. The molecule has 1 aromatic heterocycles. The molecule has 2 aromatic carbocycles. The van der Waals surface area contributed by atoms with E-state index in [2.05, 4.69) is 5.32 Å². The SMILES string of the molecule is Cc1cccc2sc(N(Cc3ccccc3)C(=O)C[NH+](C)CC(=O)NC(C)C)nc12. The number of amides is 2. The van der Waals surface area contributed by atoms with E-state index in [1.807, 2.05) is 76.3 Å². The quantitative estimate of drug-likeness (QED) is 0.581. The first-order chi connectivity index (χ1) is 14.3. The number of thiazole rings is 1. The van der Waals surface area contributed by atoms with Crippen LogP contribution in [0.25, 0.3) is 10.2 Å². The van der Waals surface area contributed by atoms with Crippen LogP contribution < -0.4 is 15.1 Å². The van der Waals surface area contributed by atoms with E-state index in [0.29, 0.717) is 11.7 Å². The summed E-state index contributed by atoms with van der Waals surface area (Å²) in [4.78, 5) is 32.7. The second-order valence-electron chi connectivity index (χ2n) is 7.92. The molecule has 30 heavy (non-hydrogen) atoms. The number of rotatable bonds is 8. The van der Waals surface area contributed by atoms with Crippen LogP contribution in [0.4, 0.5) is 5.13 Å². The van der Waals surface area contributed by atoms with Gasteiger partial charge >= 0.3 is 0 Å². The number of hydrogen-bond donors (Lipinski definition) is 2. The van der Waals surface area contributed by atoms with E-state index in [1.165, 1.54) is 11.3 Å². The molecule has 1 heterocycles. The van der Waals surface area contributed by atoms with Crippen molar-refractivity contribution in [2.24, 2.45) is 0 Å². The summed E-state index contributed by atoms with van der Waals surface area (Å²) in [6.45, 7) is 6.80. The van der Waals surface area contributed by atoms with Gasteiger partial charge in [-0.15, -0.1) is 0 Å². The second-order valence-corrected chi connectivity index (χ2v) is 8.93. The molecule has 0 saturated heterocycles. The molecular formula is C23H29N4O2S+. The van der Waals surface area contributed by atoms with Gasteiger partial charge in [0, 0.05) is 6.04 Å². The van der Waals surface area contributed by atoms with Crippen LogP contribution in [0.2, 0.25) is 0 Å². The van der Waals surface area contributed by atoms with Gasteiger partial charge in [-0.3, -0.25) is 14.5 Å². The minimum atomic E-state index is -0.0551. The molecule has 0 aliphatic carbocycles. The molecule has 0 saturated carbocycles. The summed E-state index contributed by atoms with van der Waals surface area (Å²) in [5, 5.41) is 3.56. The number of carbonyl (C=O) groups is 2. The first kappa shape index (κ1) is 21.9. The first-order valence-corrected chi connectivity index (χ1v) is 11.0. The molecule has 6 nitrogen and oxygen atoms in total. The highest BCUT2D eigenvalue weighted by atomic mass is 32.1. The average molecular weight is 426 g/mol. The number of nitrogens with zero attached hydrogens (tertiary/aromatic N) is 2. The number of carbonyl (C=O) groups excluding carboxylic acids is 2. The van der Waals surface area contributed by atoms with Gasteiger partial charge in [0.2, 0.25) is 0 Å². The topological polar surface area (TPSA) is 66.7 Å². The Morgan fingerprint density at radius 3 is 2.50 bits per heavy atom. The molecule has 3 rings (SSSR count). The maximum Gasteiger partial charge on any atom is 0.284 e. The van der Waals surface area contributed by atoms with Crippen LogP contribution >= 0.6 is 11.3 Å². The lowest BCUT2D eigenvalue weighted by Crippen LogP contribution is -3.11. The van der Waals surface area contributed by atoms with E-state index in [0.717, 1.165) is 26.2 Å². The Bertz CT molecular complexity index is 1020. The zero-order chi connectivity index (χ0) is 21.7. The van der Waals surface area contributed by atoms with Crippen LogP contribution in [0.15, 0.2) is 48.5 Å². The third-order valence-electron chi connectivity index (χ3n) is 4.69. The predicted octanol–water partition coefficient (Wildman–Crippen LogP) is 2.18. The van der Waals surface area contributed by atoms with Crippen LogP contribution in [-0.4, -0.2) is 43.0 Å². The van der Waals surface area contributed by atoms with Crippen molar-refractivity contribution in [3.63, 3.8) is 0 Å². The summed E-state index contributed by atoms with van der Waals surface area (Å²) in [5.74, 6) is -0.106. The Labute approximate surface area is 181 Å². The Kier molecular flexibility index (Phi) is 7.18. The smallest absolute Gasteiger partial charge is 0.284 e. The number of aromatic nitrogens is 1. The molecule has 1 unspecified atom stereocenters. The number of likely N-dealkylation sites (N-methyl/N-ethyl adjacent to an activating group) is 1. The standard InChI is InChI=1S/C23H28N4O2S/c1-16(2)24-20(28)14-26(4)15-21(29)27(13-18-10-6-5-7-11-18)23-25-22-17(3)9-8-12-19(22)30-23/h5-12,16H,13-15H2,1-4H3,(H,24,28)/p+1. The van der Waals surface area contributed by atoms with Crippen molar-refractivity contribution < 1.29 is 14.5 Å². The molecule has 0 spiro atoms. The van der Waals surface area contributed by atoms with E-state index in [9.17, 15) is 9.59 Å². The van der Waals surface area contributed by atoms with Crippen LogP contribution in [0, 0.1) is 6.92 Å². The van der Waals surface area contributed by atoms with Crippen molar-refractivity contribution in [2.75, 3.05) is 25.0 Å². The Morgan fingerprint density at radius 2 is 1.83 bits per heavy atom. The van der Waals surface area contributed by atoms with Crippen molar-refractivity contribution in [1.82, 2.24) is 10.3 Å². The van der Waals surface area contributed by atoms with Crippen molar-refractivity contribution in [1.29, 1.82) is 0 Å². The summed E-state index contributed by atoms with van der Waals surface area (Å²) < 4.78 is 1.06. The minimum absolute atomic E-state index is 0.0505. The van der Waals surface area contributed by atoms with Crippen molar-refractivity contribution in [3.05, 3.63) is 59.7 Å². The first-order valence-electron chi connectivity index (χ1n) is 10.1. The van der Waals surface area contributed by atoms with Gasteiger partial charge < -0.3 is 10.2 Å². The number of aryl methyl sites for hydroxylation is 1. The van der Waals surface area contributed by atoms with Crippen LogP contribution in [0.1, 0.15) is 25.0 Å². The summed E-state index contributed by atoms with van der Waals surface area (Å²) in [6, 6.07) is 16.1. The summed E-state index contributed by atoms with van der Waals surface area (Å²) in [6.07, 6.45) is 0. The van der Waals surface area contributed by atoms with Crippen molar-refractivity contribution in [3.8, 4) is 0 Å². The number of para-hydroxylation sites is 1. The monoisotopic (exact) mass is 425 g/mol. The molecular weight excluding hydrogens is 396 g/mol. The Balaban J connectivity index is 1.82. The average Bonchev–Trinajstić information content (AvgIpc) is 3.11. The Morgan fingerprint density at radius 1 is 1.10 bits per heavy atom. The van der Waals surface area contributed by atoms with E-state index < -0.39 is 0 Å². The zero-order valence-corrected chi connectivity index (χ0v) is 18.8. The fourth-order valence-corrected chi connectivity index (χ4v) is 4.34. The highest BCUT2D eigenvalue weighted by molar-refractivity contribution is 7.22. The van der Waals surface area contributed by atoms with E-state index in [1.54, 1.807) is 4.90 Å². The van der Waals surface area contributed by atoms with Crippen molar-refractivity contribution in [2.45, 2.75) is 33.4 Å². The highest BCUT2D eigenvalue weighted by Gasteiger charge is 2.24. The molecule has 0 bridgehead atoms. The van der Waals surface area contributed by atoms with E-state index >= 15 is 0 Å². The molecule has 1 atom stereocenters. The number of nitrogens with one attached hydrogen (secondary N) is 2. The van der Waals surface area contributed by atoms with E-state index in [-0.39, 0.29) is 30.9 Å². The molecule has 7 heteroatoms. The number of fused-ring (bicyclic) bond motifs is 1. The van der Waals surface area contributed by atoms with Gasteiger partial charge in [0.15, 0.2) is 18.2 Å². The highest BCUT2D eigenvalue weighted by Crippen LogP contribution is 2.31. The number of benzene rings is 2. The predicted molar refractivity (Wildman–Crippen MR) is 122 cm³/mol. The van der Waals surface area contributed by atoms with Gasteiger partial charge in [0.25, 0.3) is 11.8 Å². The van der Waals surface area contributed by atoms with Crippen molar-refractivity contribution >= 4 is 38.5 Å². The minimum Gasteiger partial charge on any atom is -0.349 e. The van der Waals surface area contributed by atoms with Gasteiger partial charge in [-0.25, -0.2) is 4.98 Å². The fraction of sp³-hybridized carbons (Fsp3) is 0.348. The lowest BCUT2D eigenvalue weighted by Gasteiger charge is -2.22. The van der Waals surface area contributed by atoms with Gasteiger partial charge in [0.05, 0.1) is 23.8 Å². The molecule has 0 aliphatic rings. The normalized spacial score (nSPS) is 12.2. The summed E-state index contributed by atoms with van der Waals surface area (Å²) >= 11 is 1.52. The van der Waals surface area contributed by atoms with E-state index in [4.69, 9.17) is 4.98 Å². The van der Waals surface area contributed by atoms with Crippen LogP contribution in [0.5, 0.6) is 0 Å². The third kappa shape index (κ3) is 5.64. The third-order valence-corrected chi connectivity index (χ3v) is 5.73. The van der Waals surface area contributed by atoms with Crippen LogP contribution in [-0.2, 0) is 16.1 Å². The molecule has 0 aliphatic heterocycles. The lowest BCUT2D eigenvalue weighted by atomic mass is 10.2. The van der Waals surface area contributed by atoms with Gasteiger partial charge in [0.1, 0.15) is 0 Å². The molecule has 0 fully saturated rings. The van der Waals surface area contributed by atoms with Gasteiger partial charge in [-0.05, 0) is 38.0 Å². The summed E-state index contributed by atoms with van der Waals surface area (Å²) in [5.41, 5.74) is 3.06. The molecule has 2 N–H and O–H groups in total. The molecule has 0 radical (unpaired) electrons. The molecule has 2 amide bonds. The fourth-order valence-electron chi connectivity index (χ4n) is 3.28. The molecule has 158 valence electrons. The molecule has 3 aromatic rings. The largest absolute Gasteiger partial charge is 0.349 e.